The first-order valence-corrected chi connectivity index (χ1v) is 8.90. The highest BCUT2D eigenvalue weighted by atomic mass is 32.2. The minimum absolute atomic E-state index is 0.0685. The summed E-state index contributed by atoms with van der Waals surface area (Å²) in [5, 5.41) is 4.95. The van der Waals surface area contributed by atoms with Crippen molar-refractivity contribution >= 4 is 35.2 Å². The van der Waals surface area contributed by atoms with Gasteiger partial charge >= 0.3 is 5.97 Å². The highest BCUT2D eigenvalue weighted by Crippen LogP contribution is 2.22. The molecule has 1 aliphatic rings. The molecule has 24 heavy (non-hydrogen) atoms. The van der Waals surface area contributed by atoms with Gasteiger partial charge in [-0.05, 0) is 44.0 Å². The van der Waals surface area contributed by atoms with Crippen molar-refractivity contribution in [3.8, 4) is 0 Å². The molecule has 1 aromatic rings. The van der Waals surface area contributed by atoms with Crippen LogP contribution in [-0.4, -0.2) is 41.4 Å². The number of carbonyl (C=O) groups is 3. The number of anilines is 1. The van der Waals surface area contributed by atoms with Crippen LogP contribution in [0.3, 0.4) is 0 Å². The second kappa shape index (κ2) is 8.19. The Morgan fingerprint density at radius 2 is 1.96 bits per heavy atom. The van der Waals surface area contributed by atoms with Gasteiger partial charge in [0.25, 0.3) is 0 Å². The van der Waals surface area contributed by atoms with Crippen molar-refractivity contribution in [2.24, 2.45) is 0 Å². The first kappa shape index (κ1) is 18.3. The molecule has 0 spiro atoms. The first-order chi connectivity index (χ1) is 11.4. The van der Waals surface area contributed by atoms with E-state index in [0.29, 0.717) is 5.75 Å². The van der Waals surface area contributed by atoms with Crippen LogP contribution in [0.4, 0.5) is 5.69 Å². The number of ether oxygens (including phenoxy) is 1. The lowest BCUT2D eigenvalue weighted by atomic mass is 10.1. The highest BCUT2D eigenvalue weighted by Gasteiger charge is 2.34. The fourth-order valence-electron chi connectivity index (χ4n) is 2.54. The standard InChI is InChI=1S/C17H22N2O4S/c1-4-23-17(22)13-9-24-14(16(21)19-13)8-15(20)18-12-6-10(2)5-11(3)7-12/h5-7,13-14H,4,8-9H2,1-3H3,(H,18,20)(H,19,21)/t13-,14-/m0/s1. The molecule has 1 aliphatic heterocycles. The number of amides is 2. The van der Waals surface area contributed by atoms with E-state index in [4.69, 9.17) is 4.74 Å². The molecule has 2 amide bonds. The summed E-state index contributed by atoms with van der Waals surface area (Å²) >= 11 is 1.31. The van der Waals surface area contributed by atoms with Crippen LogP contribution >= 0.6 is 11.8 Å². The zero-order valence-corrected chi connectivity index (χ0v) is 14.9. The summed E-state index contributed by atoms with van der Waals surface area (Å²) in [5.41, 5.74) is 2.85. The molecule has 1 saturated heterocycles. The molecule has 6 nitrogen and oxygen atoms in total. The van der Waals surface area contributed by atoms with Gasteiger partial charge in [-0.25, -0.2) is 4.79 Å². The molecule has 2 N–H and O–H groups in total. The summed E-state index contributed by atoms with van der Waals surface area (Å²) in [6, 6.07) is 5.16. The van der Waals surface area contributed by atoms with Crippen molar-refractivity contribution in [2.75, 3.05) is 17.7 Å². The molecule has 2 atom stereocenters. The average Bonchev–Trinajstić information content (AvgIpc) is 2.48. The maximum atomic E-state index is 12.2. The first-order valence-electron chi connectivity index (χ1n) is 7.85. The third-order valence-electron chi connectivity index (χ3n) is 3.52. The van der Waals surface area contributed by atoms with Crippen LogP contribution in [0.5, 0.6) is 0 Å². The van der Waals surface area contributed by atoms with Crippen molar-refractivity contribution in [1.29, 1.82) is 0 Å². The number of benzene rings is 1. The topological polar surface area (TPSA) is 84.5 Å². The number of carbonyl (C=O) groups excluding carboxylic acids is 3. The molecule has 7 heteroatoms. The van der Waals surface area contributed by atoms with Crippen molar-refractivity contribution < 1.29 is 19.1 Å². The summed E-state index contributed by atoms with van der Waals surface area (Å²) in [6.07, 6.45) is 0.0685. The van der Waals surface area contributed by atoms with Gasteiger partial charge in [-0.1, -0.05) is 6.07 Å². The molecule has 0 aromatic heterocycles. The Kier molecular flexibility index (Phi) is 6.25. The Morgan fingerprint density at radius 3 is 2.54 bits per heavy atom. The molecule has 0 saturated carbocycles. The predicted octanol–water partition coefficient (Wildman–Crippen LogP) is 1.80. The second-order valence-electron chi connectivity index (χ2n) is 5.76. The Labute approximate surface area is 145 Å². The van der Waals surface area contributed by atoms with E-state index in [-0.39, 0.29) is 24.8 Å². The molecule has 1 aromatic carbocycles. The number of aryl methyl sites for hydroxylation is 2. The van der Waals surface area contributed by atoms with Gasteiger partial charge in [-0.3, -0.25) is 9.59 Å². The normalized spacial score (nSPS) is 20.2. The van der Waals surface area contributed by atoms with Crippen LogP contribution in [0, 0.1) is 13.8 Å². The lowest BCUT2D eigenvalue weighted by Gasteiger charge is -2.27. The van der Waals surface area contributed by atoms with E-state index in [1.165, 1.54) is 11.8 Å². The van der Waals surface area contributed by atoms with Gasteiger partial charge in [0.15, 0.2) is 0 Å². The third kappa shape index (κ3) is 4.99. The van der Waals surface area contributed by atoms with Crippen LogP contribution in [0.25, 0.3) is 0 Å². The molecule has 0 aliphatic carbocycles. The van der Waals surface area contributed by atoms with Crippen molar-refractivity contribution in [3.05, 3.63) is 29.3 Å². The Balaban J connectivity index is 1.88. The summed E-state index contributed by atoms with van der Waals surface area (Å²) in [7, 11) is 0. The average molecular weight is 350 g/mol. The van der Waals surface area contributed by atoms with Gasteiger partial charge in [-0.15, -0.1) is 11.8 Å². The van der Waals surface area contributed by atoms with E-state index >= 15 is 0 Å². The number of hydrogen-bond donors (Lipinski definition) is 2. The molecule has 130 valence electrons. The monoisotopic (exact) mass is 350 g/mol. The quantitative estimate of drug-likeness (QED) is 0.791. The van der Waals surface area contributed by atoms with Crippen LogP contribution in [0.1, 0.15) is 24.5 Å². The van der Waals surface area contributed by atoms with Gasteiger partial charge in [0.1, 0.15) is 6.04 Å². The van der Waals surface area contributed by atoms with Gasteiger partial charge in [0.05, 0.1) is 11.9 Å². The Bertz CT molecular complexity index is 627. The molecular formula is C17H22N2O4S. The van der Waals surface area contributed by atoms with Gasteiger partial charge < -0.3 is 15.4 Å². The lowest BCUT2D eigenvalue weighted by molar-refractivity contribution is -0.146. The Morgan fingerprint density at radius 1 is 1.29 bits per heavy atom. The summed E-state index contributed by atoms with van der Waals surface area (Å²) in [6.45, 7) is 5.92. The number of nitrogens with one attached hydrogen (secondary N) is 2. The largest absolute Gasteiger partial charge is 0.464 e. The van der Waals surface area contributed by atoms with Crippen molar-refractivity contribution in [3.63, 3.8) is 0 Å². The number of esters is 1. The highest BCUT2D eigenvalue weighted by molar-refractivity contribution is 8.00. The van der Waals surface area contributed by atoms with E-state index in [0.717, 1.165) is 16.8 Å². The van der Waals surface area contributed by atoms with E-state index in [1.54, 1.807) is 6.92 Å². The summed E-state index contributed by atoms with van der Waals surface area (Å²) in [4.78, 5) is 35.9. The number of thioether (sulfide) groups is 1. The van der Waals surface area contributed by atoms with E-state index in [1.807, 2.05) is 32.0 Å². The molecule has 0 unspecified atom stereocenters. The molecule has 0 radical (unpaired) electrons. The van der Waals surface area contributed by atoms with E-state index in [9.17, 15) is 14.4 Å². The number of hydrogen-bond acceptors (Lipinski definition) is 5. The van der Waals surface area contributed by atoms with Gasteiger partial charge in [0.2, 0.25) is 11.8 Å². The fourth-order valence-corrected chi connectivity index (χ4v) is 3.68. The smallest absolute Gasteiger partial charge is 0.329 e. The third-order valence-corrected chi connectivity index (χ3v) is 4.83. The maximum Gasteiger partial charge on any atom is 0.329 e. The van der Waals surface area contributed by atoms with E-state index < -0.39 is 17.3 Å². The van der Waals surface area contributed by atoms with E-state index in [2.05, 4.69) is 10.6 Å². The van der Waals surface area contributed by atoms with Gasteiger partial charge in [0, 0.05) is 17.9 Å². The molecule has 2 rings (SSSR count). The zero-order chi connectivity index (χ0) is 17.7. The summed E-state index contributed by atoms with van der Waals surface area (Å²) < 4.78 is 4.90. The van der Waals surface area contributed by atoms with Crippen LogP contribution in [0.2, 0.25) is 0 Å². The van der Waals surface area contributed by atoms with Crippen LogP contribution < -0.4 is 10.6 Å². The maximum absolute atomic E-state index is 12.2. The Hall–Kier alpha value is -2.02. The molecule has 1 heterocycles. The fraction of sp³-hybridized carbons (Fsp3) is 0.471. The predicted molar refractivity (Wildman–Crippen MR) is 94.0 cm³/mol. The van der Waals surface area contributed by atoms with Crippen LogP contribution in [-0.2, 0) is 19.1 Å². The SMILES string of the molecule is CCOC(=O)[C@@H]1CS[C@@H](CC(=O)Nc2cc(C)cc(C)c2)C(=O)N1. The molecular weight excluding hydrogens is 328 g/mol. The lowest BCUT2D eigenvalue weighted by Crippen LogP contribution is -2.51. The molecule has 1 fully saturated rings. The van der Waals surface area contributed by atoms with Gasteiger partial charge in [-0.2, -0.15) is 0 Å². The van der Waals surface area contributed by atoms with Crippen LogP contribution in [0.15, 0.2) is 18.2 Å². The van der Waals surface area contributed by atoms with Crippen molar-refractivity contribution in [2.45, 2.75) is 38.5 Å². The summed E-state index contributed by atoms with van der Waals surface area (Å²) in [5.74, 6) is -0.551. The molecule has 0 bridgehead atoms. The van der Waals surface area contributed by atoms with Crippen molar-refractivity contribution in [1.82, 2.24) is 5.32 Å². The minimum Gasteiger partial charge on any atom is -0.464 e. The number of rotatable bonds is 5. The second-order valence-corrected chi connectivity index (χ2v) is 7.00. The minimum atomic E-state index is -0.638. The zero-order valence-electron chi connectivity index (χ0n) is 14.0.